The van der Waals surface area contributed by atoms with Crippen LogP contribution in [-0.2, 0) is 20.8 Å². The van der Waals surface area contributed by atoms with Crippen LogP contribution in [0.5, 0.6) is 0 Å². The molecule has 0 bridgehead atoms. The van der Waals surface area contributed by atoms with Crippen molar-refractivity contribution in [2.45, 2.75) is 32.4 Å². The lowest BCUT2D eigenvalue weighted by Crippen LogP contribution is -2.44. The van der Waals surface area contributed by atoms with E-state index in [1.807, 2.05) is 30.5 Å². The molecule has 3 amide bonds. The van der Waals surface area contributed by atoms with Crippen LogP contribution in [0, 0.1) is 0 Å². The van der Waals surface area contributed by atoms with Crippen molar-refractivity contribution < 1.29 is 14.4 Å². The van der Waals surface area contributed by atoms with Crippen LogP contribution in [0.15, 0.2) is 67.4 Å². The van der Waals surface area contributed by atoms with E-state index in [1.165, 1.54) is 24.3 Å². The highest BCUT2D eigenvalue weighted by atomic mass is 16.2. The maximum atomic E-state index is 13.0. The van der Waals surface area contributed by atoms with Gasteiger partial charge in [0.15, 0.2) is 0 Å². The van der Waals surface area contributed by atoms with Crippen LogP contribution in [0.2, 0.25) is 0 Å². The van der Waals surface area contributed by atoms with Gasteiger partial charge in [-0.2, -0.15) is 5.10 Å². The predicted molar refractivity (Wildman–Crippen MR) is 128 cm³/mol. The van der Waals surface area contributed by atoms with E-state index >= 15 is 0 Å². The van der Waals surface area contributed by atoms with Crippen LogP contribution >= 0.6 is 0 Å². The largest absolute Gasteiger partial charge is 0.361 e. The summed E-state index contributed by atoms with van der Waals surface area (Å²) < 4.78 is 1.46. The van der Waals surface area contributed by atoms with Gasteiger partial charge in [0.05, 0.1) is 0 Å². The molecule has 34 heavy (non-hydrogen) atoms. The molecule has 0 aliphatic carbocycles. The Hall–Kier alpha value is -4.47. The molecular formula is C24H25N7O3. The SMILES string of the molecule is CC(=O)NC(Cc1c[nH]c2ccccc12)C(=O)Nc1ccc(NC(=O)C(C)n2cncn2)cc1. The smallest absolute Gasteiger partial charge is 0.249 e. The van der Waals surface area contributed by atoms with Gasteiger partial charge < -0.3 is 20.9 Å². The van der Waals surface area contributed by atoms with E-state index in [9.17, 15) is 14.4 Å². The van der Waals surface area contributed by atoms with Crippen LogP contribution in [-0.4, -0.2) is 43.5 Å². The molecule has 10 nitrogen and oxygen atoms in total. The van der Waals surface area contributed by atoms with Gasteiger partial charge in [-0.25, -0.2) is 9.67 Å². The summed E-state index contributed by atoms with van der Waals surface area (Å²) in [6, 6.07) is 13.3. The number of carbonyl (C=O) groups excluding carboxylic acids is 3. The van der Waals surface area contributed by atoms with Crippen LogP contribution in [0.3, 0.4) is 0 Å². The molecule has 0 saturated heterocycles. The van der Waals surface area contributed by atoms with Crippen LogP contribution in [0.4, 0.5) is 11.4 Å². The van der Waals surface area contributed by atoms with Gasteiger partial charge in [-0.3, -0.25) is 14.4 Å². The molecule has 0 spiro atoms. The summed E-state index contributed by atoms with van der Waals surface area (Å²) in [5, 5.41) is 13.3. The molecule has 2 atom stereocenters. The summed E-state index contributed by atoms with van der Waals surface area (Å²) in [7, 11) is 0. The van der Waals surface area contributed by atoms with E-state index in [1.54, 1.807) is 31.2 Å². The van der Waals surface area contributed by atoms with Crippen molar-refractivity contribution in [3.63, 3.8) is 0 Å². The minimum Gasteiger partial charge on any atom is -0.361 e. The molecule has 0 aliphatic heterocycles. The predicted octanol–water partition coefficient (Wildman–Crippen LogP) is 2.65. The fourth-order valence-electron chi connectivity index (χ4n) is 3.63. The number of carbonyl (C=O) groups is 3. The summed E-state index contributed by atoms with van der Waals surface area (Å²) in [5.74, 6) is -0.872. The van der Waals surface area contributed by atoms with Gasteiger partial charge in [0.2, 0.25) is 17.7 Å². The van der Waals surface area contributed by atoms with Crippen molar-refractivity contribution in [3.05, 3.63) is 72.9 Å². The number of para-hydroxylation sites is 1. The quantitative estimate of drug-likeness (QED) is 0.321. The number of benzene rings is 2. The van der Waals surface area contributed by atoms with E-state index in [-0.39, 0.29) is 17.7 Å². The number of rotatable bonds is 8. The molecule has 4 N–H and O–H groups in total. The number of H-pyrrole nitrogens is 1. The molecule has 2 aromatic carbocycles. The molecule has 4 aromatic rings. The van der Waals surface area contributed by atoms with Gasteiger partial charge in [-0.1, -0.05) is 18.2 Å². The second kappa shape index (κ2) is 9.99. The number of nitrogens with one attached hydrogen (secondary N) is 4. The molecule has 2 heterocycles. The third kappa shape index (κ3) is 5.29. The minimum atomic E-state index is -0.750. The normalized spacial score (nSPS) is 12.6. The lowest BCUT2D eigenvalue weighted by molar-refractivity contribution is -0.125. The Labute approximate surface area is 195 Å². The zero-order valence-electron chi connectivity index (χ0n) is 18.8. The number of aromatic nitrogens is 4. The molecule has 10 heteroatoms. The summed E-state index contributed by atoms with van der Waals surface area (Å²) >= 11 is 0. The molecular weight excluding hydrogens is 434 g/mol. The number of anilines is 2. The van der Waals surface area contributed by atoms with E-state index in [4.69, 9.17) is 0 Å². The highest BCUT2D eigenvalue weighted by molar-refractivity contribution is 5.98. The number of amides is 3. The van der Waals surface area contributed by atoms with E-state index in [0.717, 1.165) is 16.5 Å². The maximum absolute atomic E-state index is 13.0. The molecule has 174 valence electrons. The highest BCUT2D eigenvalue weighted by Gasteiger charge is 2.22. The first-order valence-corrected chi connectivity index (χ1v) is 10.8. The zero-order valence-corrected chi connectivity index (χ0v) is 18.8. The van der Waals surface area contributed by atoms with E-state index in [0.29, 0.717) is 17.8 Å². The molecule has 2 unspecified atom stereocenters. The Kier molecular flexibility index (Phi) is 6.67. The van der Waals surface area contributed by atoms with Crippen molar-refractivity contribution in [2.24, 2.45) is 0 Å². The van der Waals surface area contributed by atoms with Crippen LogP contribution in [0.25, 0.3) is 10.9 Å². The molecule has 0 aliphatic rings. The fourth-order valence-corrected chi connectivity index (χ4v) is 3.63. The summed E-state index contributed by atoms with van der Waals surface area (Å²) in [4.78, 5) is 44.1. The van der Waals surface area contributed by atoms with Gasteiger partial charge >= 0.3 is 0 Å². The average molecular weight is 460 g/mol. The van der Waals surface area contributed by atoms with Crippen LogP contribution in [0.1, 0.15) is 25.5 Å². The van der Waals surface area contributed by atoms with Gasteiger partial charge in [-0.05, 0) is 42.8 Å². The Balaban J connectivity index is 1.41. The number of fused-ring (bicyclic) bond motifs is 1. The minimum absolute atomic E-state index is 0.244. The Morgan fingerprint density at radius 2 is 1.68 bits per heavy atom. The monoisotopic (exact) mass is 459 g/mol. The van der Waals surface area contributed by atoms with Crippen molar-refractivity contribution in [1.29, 1.82) is 0 Å². The number of nitrogens with zero attached hydrogens (tertiary/aromatic N) is 3. The first-order valence-electron chi connectivity index (χ1n) is 10.8. The van der Waals surface area contributed by atoms with Gasteiger partial charge in [0, 0.05) is 41.8 Å². The van der Waals surface area contributed by atoms with E-state index in [2.05, 4.69) is 31.0 Å². The van der Waals surface area contributed by atoms with Crippen molar-refractivity contribution in [3.8, 4) is 0 Å². The average Bonchev–Trinajstić information content (AvgIpc) is 3.50. The first kappa shape index (κ1) is 22.7. The first-order chi connectivity index (χ1) is 16.4. The lowest BCUT2D eigenvalue weighted by Gasteiger charge is -2.18. The maximum Gasteiger partial charge on any atom is 0.249 e. The van der Waals surface area contributed by atoms with Crippen molar-refractivity contribution in [1.82, 2.24) is 25.1 Å². The number of hydrogen-bond donors (Lipinski definition) is 4. The highest BCUT2D eigenvalue weighted by Crippen LogP contribution is 2.20. The Bertz CT molecular complexity index is 1300. The standard InChI is InChI=1S/C24H25N7O3/c1-15(31-14-25-13-27-31)23(33)29-18-7-9-19(10-8-18)30-24(34)22(28-16(2)32)11-17-12-26-21-6-4-3-5-20(17)21/h3-10,12-15,22,26H,11H2,1-2H3,(H,28,32)(H,29,33)(H,30,34). The Morgan fingerprint density at radius 3 is 2.32 bits per heavy atom. The van der Waals surface area contributed by atoms with Crippen molar-refractivity contribution >= 4 is 40.0 Å². The number of aromatic amines is 1. The fraction of sp³-hybridized carbons (Fsp3) is 0.208. The second-order valence-corrected chi connectivity index (χ2v) is 7.92. The summed E-state index contributed by atoms with van der Waals surface area (Å²) in [6.45, 7) is 3.10. The van der Waals surface area contributed by atoms with Gasteiger partial charge in [0.1, 0.15) is 24.7 Å². The zero-order chi connectivity index (χ0) is 24.1. The van der Waals surface area contributed by atoms with Crippen molar-refractivity contribution in [2.75, 3.05) is 10.6 Å². The Morgan fingerprint density at radius 1 is 1.00 bits per heavy atom. The molecule has 0 saturated carbocycles. The molecule has 4 rings (SSSR count). The second-order valence-electron chi connectivity index (χ2n) is 7.92. The third-order valence-corrected chi connectivity index (χ3v) is 5.43. The van der Waals surface area contributed by atoms with Gasteiger partial charge in [-0.15, -0.1) is 0 Å². The molecule has 0 fully saturated rings. The number of hydrogen-bond acceptors (Lipinski definition) is 5. The lowest BCUT2D eigenvalue weighted by atomic mass is 10.0. The van der Waals surface area contributed by atoms with Crippen LogP contribution < -0.4 is 16.0 Å². The third-order valence-electron chi connectivity index (χ3n) is 5.43. The summed E-state index contributed by atoms with van der Waals surface area (Å²) in [6.07, 6.45) is 5.03. The topological polar surface area (TPSA) is 134 Å². The molecule has 0 radical (unpaired) electrons. The van der Waals surface area contributed by atoms with E-state index < -0.39 is 12.1 Å². The van der Waals surface area contributed by atoms with Gasteiger partial charge in [0.25, 0.3) is 0 Å². The summed E-state index contributed by atoms with van der Waals surface area (Å²) in [5.41, 5.74) is 3.02. The molecule has 2 aromatic heterocycles.